The summed E-state index contributed by atoms with van der Waals surface area (Å²) in [5, 5.41) is 0. The molecular formula is C15H24. The summed E-state index contributed by atoms with van der Waals surface area (Å²) < 4.78 is 0. The van der Waals surface area contributed by atoms with Crippen LogP contribution < -0.4 is 0 Å². The summed E-state index contributed by atoms with van der Waals surface area (Å²) in [7, 11) is 0. The summed E-state index contributed by atoms with van der Waals surface area (Å²) in [6.45, 7) is 9.20. The number of unbranched alkanes of at least 4 members (excludes halogenated alkanes) is 1. The van der Waals surface area contributed by atoms with Crippen molar-refractivity contribution in [1.29, 1.82) is 0 Å². The molecular weight excluding hydrogens is 180 g/mol. The third kappa shape index (κ3) is 4.51. The van der Waals surface area contributed by atoms with Gasteiger partial charge in [0.05, 0.1) is 0 Å². The quantitative estimate of drug-likeness (QED) is 0.649. The number of hydrogen-bond acceptors (Lipinski definition) is 0. The van der Waals surface area contributed by atoms with Crippen LogP contribution in [0.25, 0.3) is 0 Å². The summed E-state index contributed by atoms with van der Waals surface area (Å²) in [5.41, 5.74) is 3.30. The molecule has 0 heteroatoms. The van der Waals surface area contributed by atoms with Crippen molar-refractivity contribution in [2.75, 3.05) is 0 Å². The van der Waals surface area contributed by atoms with Crippen molar-refractivity contribution in [3.05, 3.63) is 35.4 Å². The summed E-state index contributed by atoms with van der Waals surface area (Å²) in [6, 6.07) is 8.90. The molecule has 0 spiro atoms. The normalized spacial score (nSPS) is 11.7. The second-order valence-corrected chi connectivity index (χ2v) is 5.43. The summed E-state index contributed by atoms with van der Waals surface area (Å²) in [6.07, 6.45) is 5.18. The Morgan fingerprint density at radius 1 is 1.20 bits per heavy atom. The highest BCUT2D eigenvalue weighted by Gasteiger charge is 2.17. The molecule has 84 valence electrons. The van der Waals surface area contributed by atoms with Crippen LogP contribution in [0, 0.1) is 12.3 Å². The van der Waals surface area contributed by atoms with E-state index in [4.69, 9.17) is 0 Å². The molecule has 1 aromatic carbocycles. The topological polar surface area (TPSA) is 0 Å². The van der Waals surface area contributed by atoms with Gasteiger partial charge in [-0.15, -0.1) is 0 Å². The highest BCUT2D eigenvalue weighted by Crippen LogP contribution is 2.28. The minimum atomic E-state index is 0.448. The Labute approximate surface area is 94.7 Å². The molecule has 0 N–H and O–H groups in total. The van der Waals surface area contributed by atoms with Gasteiger partial charge in [-0.1, -0.05) is 63.4 Å². The molecule has 0 aliphatic heterocycles. The predicted molar refractivity (Wildman–Crippen MR) is 68.2 cm³/mol. The average Bonchev–Trinajstić information content (AvgIpc) is 2.14. The van der Waals surface area contributed by atoms with Gasteiger partial charge in [-0.05, 0) is 30.7 Å². The van der Waals surface area contributed by atoms with E-state index in [9.17, 15) is 0 Å². The largest absolute Gasteiger partial charge is 0.0654 e. The molecule has 0 bridgehead atoms. The molecule has 15 heavy (non-hydrogen) atoms. The highest BCUT2D eigenvalue weighted by atomic mass is 14.2. The fourth-order valence-corrected chi connectivity index (χ4v) is 2.12. The maximum absolute atomic E-state index is 2.38. The van der Waals surface area contributed by atoms with Crippen LogP contribution in [0.4, 0.5) is 0 Å². The van der Waals surface area contributed by atoms with Crippen molar-refractivity contribution in [1.82, 2.24) is 0 Å². The first-order chi connectivity index (χ1) is 7.03. The zero-order valence-electron chi connectivity index (χ0n) is 10.6. The van der Waals surface area contributed by atoms with Gasteiger partial charge in [0.2, 0.25) is 0 Å². The lowest BCUT2D eigenvalue weighted by Gasteiger charge is -2.24. The molecule has 0 radical (unpaired) electrons. The predicted octanol–water partition coefficient (Wildman–Crippen LogP) is 4.75. The van der Waals surface area contributed by atoms with Crippen LogP contribution in [-0.4, -0.2) is 0 Å². The Morgan fingerprint density at radius 2 is 1.93 bits per heavy atom. The first kappa shape index (κ1) is 12.3. The lowest BCUT2D eigenvalue weighted by molar-refractivity contribution is 0.321. The van der Waals surface area contributed by atoms with E-state index in [0.717, 1.165) is 0 Å². The van der Waals surface area contributed by atoms with Crippen LogP contribution >= 0.6 is 0 Å². The maximum atomic E-state index is 2.38. The highest BCUT2D eigenvalue weighted by molar-refractivity contribution is 5.23. The van der Waals surface area contributed by atoms with Gasteiger partial charge in [-0.2, -0.15) is 0 Å². The van der Waals surface area contributed by atoms with Gasteiger partial charge in [0.1, 0.15) is 0 Å². The Kier molecular flexibility index (Phi) is 4.38. The van der Waals surface area contributed by atoms with E-state index in [1.54, 1.807) is 0 Å². The summed E-state index contributed by atoms with van der Waals surface area (Å²) in [5.74, 6) is 0. The van der Waals surface area contributed by atoms with Gasteiger partial charge < -0.3 is 0 Å². The van der Waals surface area contributed by atoms with Gasteiger partial charge in [0, 0.05) is 0 Å². The Hall–Kier alpha value is -0.780. The molecule has 0 aliphatic rings. The second kappa shape index (κ2) is 5.34. The second-order valence-electron chi connectivity index (χ2n) is 5.43. The van der Waals surface area contributed by atoms with Crippen LogP contribution in [0.1, 0.15) is 51.2 Å². The molecule has 0 nitrogen and oxygen atoms in total. The molecule has 0 saturated heterocycles. The van der Waals surface area contributed by atoms with Gasteiger partial charge in [0.25, 0.3) is 0 Å². The zero-order chi connectivity index (χ0) is 11.3. The van der Waals surface area contributed by atoms with E-state index in [2.05, 4.69) is 52.0 Å². The molecule has 0 unspecified atom stereocenters. The minimum Gasteiger partial charge on any atom is -0.0654 e. The third-order valence-electron chi connectivity index (χ3n) is 2.97. The summed E-state index contributed by atoms with van der Waals surface area (Å²) in [4.78, 5) is 0. The number of aryl methyl sites for hydroxylation is 1. The van der Waals surface area contributed by atoms with Crippen molar-refractivity contribution in [2.24, 2.45) is 5.41 Å². The molecule has 0 saturated carbocycles. The van der Waals surface area contributed by atoms with Crippen molar-refractivity contribution in [2.45, 2.75) is 53.4 Å². The molecule has 0 aliphatic carbocycles. The molecule has 0 aromatic heterocycles. The Morgan fingerprint density at radius 3 is 2.53 bits per heavy atom. The van der Waals surface area contributed by atoms with E-state index >= 15 is 0 Å². The van der Waals surface area contributed by atoms with Crippen LogP contribution in [0.3, 0.4) is 0 Å². The van der Waals surface area contributed by atoms with Gasteiger partial charge >= 0.3 is 0 Å². The Balaban J connectivity index is 2.60. The van der Waals surface area contributed by atoms with Gasteiger partial charge in [-0.25, -0.2) is 0 Å². The third-order valence-corrected chi connectivity index (χ3v) is 2.97. The molecule has 0 heterocycles. The number of benzene rings is 1. The van der Waals surface area contributed by atoms with Crippen LogP contribution in [0.5, 0.6) is 0 Å². The van der Waals surface area contributed by atoms with Crippen molar-refractivity contribution in [3.63, 3.8) is 0 Å². The molecule has 1 aromatic rings. The lowest BCUT2D eigenvalue weighted by Crippen LogP contribution is -2.14. The first-order valence-electron chi connectivity index (χ1n) is 6.09. The molecule has 1 rings (SSSR count). The minimum absolute atomic E-state index is 0.448. The van der Waals surface area contributed by atoms with Gasteiger partial charge in [-0.3, -0.25) is 0 Å². The van der Waals surface area contributed by atoms with Crippen LogP contribution in [-0.2, 0) is 6.42 Å². The summed E-state index contributed by atoms with van der Waals surface area (Å²) >= 11 is 0. The number of rotatable bonds is 5. The SMILES string of the molecule is CCCCC(C)(C)Cc1cccc(C)c1. The average molecular weight is 204 g/mol. The number of hydrogen-bond donors (Lipinski definition) is 0. The lowest BCUT2D eigenvalue weighted by atomic mass is 9.81. The Bertz CT molecular complexity index is 297. The smallest absolute Gasteiger partial charge is 0.0227 e. The standard InChI is InChI=1S/C15H24/c1-5-6-10-15(3,4)12-14-9-7-8-13(2)11-14/h7-9,11H,5-6,10,12H2,1-4H3. The van der Waals surface area contributed by atoms with E-state index in [1.807, 2.05) is 0 Å². The molecule has 0 amide bonds. The van der Waals surface area contributed by atoms with E-state index in [0.29, 0.717) is 5.41 Å². The van der Waals surface area contributed by atoms with Crippen molar-refractivity contribution in [3.8, 4) is 0 Å². The molecule has 0 fully saturated rings. The fraction of sp³-hybridized carbons (Fsp3) is 0.600. The van der Waals surface area contributed by atoms with Gasteiger partial charge in [0.15, 0.2) is 0 Å². The van der Waals surface area contributed by atoms with Crippen molar-refractivity contribution < 1.29 is 0 Å². The molecule has 0 atom stereocenters. The van der Waals surface area contributed by atoms with Crippen LogP contribution in [0.15, 0.2) is 24.3 Å². The fourth-order valence-electron chi connectivity index (χ4n) is 2.12. The van der Waals surface area contributed by atoms with E-state index < -0.39 is 0 Å². The van der Waals surface area contributed by atoms with Crippen LogP contribution in [0.2, 0.25) is 0 Å². The van der Waals surface area contributed by atoms with Crippen molar-refractivity contribution >= 4 is 0 Å². The van der Waals surface area contributed by atoms with E-state index in [-0.39, 0.29) is 0 Å². The first-order valence-corrected chi connectivity index (χ1v) is 6.09. The van der Waals surface area contributed by atoms with E-state index in [1.165, 1.54) is 36.8 Å². The maximum Gasteiger partial charge on any atom is -0.0227 e. The monoisotopic (exact) mass is 204 g/mol. The zero-order valence-corrected chi connectivity index (χ0v) is 10.6.